The van der Waals surface area contributed by atoms with Gasteiger partial charge in [0.1, 0.15) is 5.75 Å². The third-order valence-electron chi connectivity index (χ3n) is 2.41. The van der Waals surface area contributed by atoms with Crippen molar-refractivity contribution in [3.05, 3.63) is 63.1 Å². The van der Waals surface area contributed by atoms with E-state index >= 15 is 0 Å². The Hall–Kier alpha value is -1.32. The number of rotatable bonds is 3. The Kier molecular flexibility index (Phi) is 4.39. The second-order valence-corrected chi connectivity index (χ2v) is 5.15. The van der Waals surface area contributed by atoms with Crippen LogP contribution in [0.1, 0.15) is 11.1 Å². The van der Waals surface area contributed by atoms with Crippen LogP contribution >= 0.6 is 27.5 Å². The Morgan fingerprint density at radius 2 is 1.89 bits per heavy atom. The first-order valence-corrected chi connectivity index (χ1v) is 6.55. The predicted octanol–water partition coefficient (Wildman–Crippen LogP) is 4.43. The van der Waals surface area contributed by atoms with E-state index in [2.05, 4.69) is 20.9 Å². The van der Waals surface area contributed by atoms with Gasteiger partial charge in [0.25, 0.3) is 0 Å². The molecule has 0 spiro atoms. The van der Waals surface area contributed by atoms with Crippen molar-refractivity contribution in [3.63, 3.8) is 0 Å². The molecule has 2 rings (SSSR count). The van der Waals surface area contributed by atoms with Crippen molar-refractivity contribution in [2.45, 2.75) is 6.54 Å². The van der Waals surface area contributed by atoms with E-state index in [1.165, 1.54) is 0 Å². The zero-order valence-corrected chi connectivity index (χ0v) is 11.8. The van der Waals surface area contributed by atoms with Crippen LogP contribution in [0.15, 0.2) is 51.9 Å². The van der Waals surface area contributed by atoms with Crippen LogP contribution in [-0.2, 0) is 6.54 Å². The van der Waals surface area contributed by atoms with E-state index in [1.807, 2.05) is 30.3 Å². The topological polar surface area (TPSA) is 32.6 Å². The van der Waals surface area contributed by atoms with Crippen LogP contribution in [0.4, 0.5) is 0 Å². The summed E-state index contributed by atoms with van der Waals surface area (Å²) in [5.74, 6) is 0.220. The molecule has 0 aromatic heterocycles. The van der Waals surface area contributed by atoms with Crippen LogP contribution < -0.4 is 0 Å². The summed E-state index contributed by atoms with van der Waals surface area (Å²) in [5.41, 5.74) is 1.77. The van der Waals surface area contributed by atoms with Gasteiger partial charge < -0.3 is 5.11 Å². The third kappa shape index (κ3) is 3.59. The smallest absolute Gasteiger partial charge is 0.124 e. The lowest BCUT2D eigenvalue weighted by atomic mass is 10.2. The van der Waals surface area contributed by atoms with E-state index in [9.17, 15) is 5.11 Å². The monoisotopic (exact) mass is 323 g/mol. The van der Waals surface area contributed by atoms with Crippen LogP contribution in [0, 0.1) is 0 Å². The zero-order valence-electron chi connectivity index (χ0n) is 9.48. The minimum Gasteiger partial charge on any atom is -0.507 e. The number of nitrogens with zero attached hydrogens (tertiary/aromatic N) is 1. The maximum atomic E-state index is 9.64. The molecule has 0 saturated carbocycles. The van der Waals surface area contributed by atoms with E-state index in [-0.39, 0.29) is 5.75 Å². The van der Waals surface area contributed by atoms with Crippen LogP contribution in [0.2, 0.25) is 5.02 Å². The highest BCUT2D eigenvalue weighted by Gasteiger charge is 1.98. The molecule has 0 aliphatic carbocycles. The molecule has 0 unspecified atom stereocenters. The molecule has 92 valence electrons. The van der Waals surface area contributed by atoms with Gasteiger partial charge in [-0.3, -0.25) is 4.99 Å². The van der Waals surface area contributed by atoms with Crippen molar-refractivity contribution < 1.29 is 5.11 Å². The minimum absolute atomic E-state index is 0.220. The number of aliphatic imine (C=N–C) groups is 1. The normalized spacial score (nSPS) is 11.0. The Morgan fingerprint density at radius 1 is 1.17 bits per heavy atom. The van der Waals surface area contributed by atoms with Gasteiger partial charge in [-0.05, 0) is 35.9 Å². The molecule has 0 saturated heterocycles. The van der Waals surface area contributed by atoms with Gasteiger partial charge in [-0.1, -0.05) is 39.7 Å². The number of hydrogen-bond donors (Lipinski definition) is 1. The van der Waals surface area contributed by atoms with Crippen molar-refractivity contribution >= 4 is 33.7 Å². The van der Waals surface area contributed by atoms with Gasteiger partial charge >= 0.3 is 0 Å². The SMILES string of the molecule is Oc1ccc(Br)cc1C=NCc1ccc(Cl)cc1. The average Bonchev–Trinajstić information content (AvgIpc) is 2.36. The first-order chi connectivity index (χ1) is 8.65. The fourth-order valence-corrected chi connectivity index (χ4v) is 1.97. The quantitative estimate of drug-likeness (QED) is 0.832. The van der Waals surface area contributed by atoms with E-state index in [4.69, 9.17) is 11.6 Å². The highest BCUT2D eigenvalue weighted by atomic mass is 79.9. The molecule has 0 bridgehead atoms. The van der Waals surface area contributed by atoms with Crippen molar-refractivity contribution in [3.8, 4) is 5.75 Å². The number of aromatic hydroxyl groups is 1. The standard InChI is InChI=1S/C14H11BrClNO/c15-12-3-6-14(18)11(7-12)9-17-8-10-1-4-13(16)5-2-10/h1-7,9,18H,8H2. The van der Waals surface area contributed by atoms with E-state index < -0.39 is 0 Å². The molecule has 0 aliphatic rings. The first-order valence-electron chi connectivity index (χ1n) is 5.38. The van der Waals surface area contributed by atoms with Gasteiger partial charge in [0.2, 0.25) is 0 Å². The van der Waals surface area contributed by atoms with Crippen molar-refractivity contribution in [1.82, 2.24) is 0 Å². The molecule has 0 heterocycles. The largest absolute Gasteiger partial charge is 0.507 e. The molecule has 4 heteroatoms. The molecule has 2 aromatic carbocycles. The maximum Gasteiger partial charge on any atom is 0.124 e. The van der Waals surface area contributed by atoms with E-state index in [1.54, 1.807) is 18.3 Å². The lowest BCUT2D eigenvalue weighted by Crippen LogP contribution is -1.85. The Bertz CT molecular complexity index is 567. The van der Waals surface area contributed by atoms with Crippen molar-refractivity contribution in [2.75, 3.05) is 0 Å². The Morgan fingerprint density at radius 3 is 2.61 bits per heavy atom. The van der Waals surface area contributed by atoms with Crippen molar-refractivity contribution in [2.24, 2.45) is 4.99 Å². The maximum absolute atomic E-state index is 9.64. The van der Waals surface area contributed by atoms with Crippen LogP contribution in [0.3, 0.4) is 0 Å². The third-order valence-corrected chi connectivity index (χ3v) is 3.15. The van der Waals surface area contributed by atoms with Gasteiger partial charge in [-0.15, -0.1) is 0 Å². The summed E-state index contributed by atoms with van der Waals surface area (Å²) in [6.07, 6.45) is 1.66. The van der Waals surface area contributed by atoms with Gasteiger partial charge in [-0.25, -0.2) is 0 Å². The first kappa shape index (κ1) is 13.1. The minimum atomic E-state index is 0.220. The van der Waals surface area contributed by atoms with E-state index in [0.29, 0.717) is 17.1 Å². The molecular formula is C14H11BrClNO. The molecule has 0 radical (unpaired) electrons. The highest BCUT2D eigenvalue weighted by molar-refractivity contribution is 9.10. The van der Waals surface area contributed by atoms with Crippen LogP contribution in [-0.4, -0.2) is 11.3 Å². The van der Waals surface area contributed by atoms with Gasteiger partial charge in [0.15, 0.2) is 0 Å². The second kappa shape index (κ2) is 6.03. The lowest BCUT2D eigenvalue weighted by Gasteiger charge is -2.00. The molecule has 1 N–H and O–H groups in total. The number of phenols is 1. The second-order valence-electron chi connectivity index (χ2n) is 3.80. The number of hydrogen-bond acceptors (Lipinski definition) is 2. The van der Waals surface area contributed by atoms with Gasteiger partial charge in [0, 0.05) is 21.3 Å². The lowest BCUT2D eigenvalue weighted by molar-refractivity contribution is 0.474. The predicted molar refractivity (Wildman–Crippen MR) is 78.6 cm³/mol. The summed E-state index contributed by atoms with van der Waals surface area (Å²) in [6.45, 7) is 0.559. The summed E-state index contributed by atoms with van der Waals surface area (Å²) in [7, 11) is 0. The number of phenolic OH excluding ortho intramolecular Hbond substituents is 1. The van der Waals surface area contributed by atoms with Crippen LogP contribution in [0.25, 0.3) is 0 Å². The molecule has 18 heavy (non-hydrogen) atoms. The molecule has 0 atom stereocenters. The van der Waals surface area contributed by atoms with Gasteiger partial charge in [0.05, 0.1) is 6.54 Å². The average molecular weight is 325 g/mol. The summed E-state index contributed by atoms with van der Waals surface area (Å²) >= 11 is 9.16. The molecule has 0 aliphatic heterocycles. The Balaban J connectivity index is 2.07. The molecule has 2 aromatic rings. The van der Waals surface area contributed by atoms with Gasteiger partial charge in [-0.2, -0.15) is 0 Å². The highest BCUT2D eigenvalue weighted by Crippen LogP contribution is 2.20. The summed E-state index contributed by atoms with van der Waals surface area (Å²) < 4.78 is 0.910. The summed E-state index contributed by atoms with van der Waals surface area (Å²) in [4.78, 5) is 4.29. The van der Waals surface area contributed by atoms with Crippen LogP contribution in [0.5, 0.6) is 5.75 Å². The summed E-state index contributed by atoms with van der Waals surface area (Å²) in [6, 6.07) is 12.8. The zero-order chi connectivity index (χ0) is 13.0. The van der Waals surface area contributed by atoms with Crippen molar-refractivity contribution in [1.29, 1.82) is 0 Å². The Labute approximate surface area is 119 Å². The molecule has 0 amide bonds. The fraction of sp³-hybridized carbons (Fsp3) is 0.0714. The molecule has 0 fully saturated rings. The molecule has 2 nitrogen and oxygen atoms in total. The van der Waals surface area contributed by atoms with E-state index in [0.717, 1.165) is 10.0 Å². The number of halogens is 2. The molecular weight excluding hydrogens is 314 g/mol. The fourth-order valence-electron chi connectivity index (χ4n) is 1.47. The number of benzene rings is 2. The summed E-state index contributed by atoms with van der Waals surface area (Å²) in [5, 5.41) is 10.4.